The predicted octanol–water partition coefficient (Wildman–Crippen LogP) is 2.82. The molecule has 0 amide bonds. The number of thiazole rings is 1. The maximum atomic E-state index is 4.05. The lowest BCUT2D eigenvalue weighted by atomic mass is 10.2. The maximum absolute atomic E-state index is 4.05. The molecule has 0 aliphatic heterocycles. The van der Waals surface area contributed by atoms with Gasteiger partial charge in [-0.15, -0.1) is 11.3 Å². The fourth-order valence-corrected chi connectivity index (χ4v) is 2.15. The minimum absolute atomic E-state index is 0.845. The molecule has 1 heterocycles. The van der Waals surface area contributed by atoms with E-state index in [1.54, 1.807) is 11.3 Å². The summed E-state index contributed by atoms with van der Waals surface area (Å²) in [6.45, 7) is 1.83. The van der Waals surface area contributed by atoms with Gasteiger partial charge in [0.05, 0.1) is 12.1 Å². The van der Waals surface area contributed by atoms with E-state index in [2.05, 4.69) is 53.6 Å². The zero-order valence-corrected chi connectivity index (χ0v) is 11.0. The van der Waals surface area contributed by atoms with Crippen molar-refractivity contribution < 1.29 is 0 Å². The summed E-state index contributed by atoms with van der Waals surface area (Å²) >= 11 is 1.67. The normalized spacial score (nSPS) is 10.8. The highest BCUT2D eigenvalue weighted by atomic mass is 32.1. The number of rotatable bonds is 5. The van der Waals surface area contributed by atoms with E-state index in [9.17, 15) is 0 Å². The number of hydrogen-bond acceptors (Lipinski definition) is 4. The van der Waals surface area contributed by atoms with Crippen molar-refractivity contribution >= 4 is 17.0 Å². The second kappa shape index (κ2) is 5.80. The Morgan fingerprint density at radius 1 is 1.24 bits per heavy atom. The van der Waals surface area contributed by atoms with E-state index in [0.717, 1.165) is 18.8 Å². The van der Waals surface area contributed by atoms with Gasteiger partial charge >= 0.3 is 0 Å². The van der Waals surface area contributed by atoms with E-state index < -0.39 is 0 Å². The van der Waals surface area contributed by atoms with Crippen molar-refractivity contribution in [1.82, 2.24) is 9.88 Å². The van der Waals surface area contributed by atoms with Crippen LogP contribution in [0, 0.1) is 0 Å². The molecule has 0 bridgehead atoms. The minimum atomic E-state index is 0.845. The van der Waals surface area contributed by atoms with E-state index in [1.807, 2.05) is 11.7 Å². The molecule has 2 aromatic rings. The maximum Gasteiger partial charge on any atom is 0.0794 e. The topological polar surface area (TPSA) is 28.2 Å². The van der Waals surface area contributed by atoms with Gasteiger partial charge < -0.3 is 10.2 Å². The molecule has 0 spiro atoms. The summed E-state index contributed by atoms with van der Waals surface area (Å²) in [6.07, 6.45) is 1.90. The van der Waals surface area contributed by atoms with Gasteiger partial charge in [-0.1, -0.05) is 12.1 Å². The molecule has 0 saturated carbocycles. The first-order valence-corrected chi connectivity index (χ1v) is 6.47. The minimum Gasteiger partial charge on any atom is -0.380 e. The van der Waals surface area contributed by atoms with Gasteiger partial charge in [-0.05, 0) is 31.8 Å². The van der Waals surface area contributed by atoms with Gasteiger partial charge in [-0.2, -0.15) is 0 Å². The van der Waals surface area contributed by atoms with E-state index in [-0.39, 0.29) is 0 Å². The fourth-order valence-electron chi connectivity index (χ4n) is 1.61. The summed E-state index contributed by atoms with van der Waals surface area (Å²) in [4.78, 5) is 7.47. The molecule has 1 aromatic carbocycles. The highest BCUT2D eigenvalue weighted by Crippen LogP contribution is 2.13. The van der Waals surface area contributed by atoms with Crippen molar-refractivity contribution in [3.63, 3.8) is 0 Å². The van der Waals surface area contributed by atoms with Gasteiger partial charge in [0.15, 0.2) is 0 Å². The molecule has 0 saturated heterocycles. The van der Waals surface area contributed by atoms with Crippen molar-refractivity contribution in [1.29, 1.82) is 0 Å². The summed E-state index contributed by atoms with van der Waals surface area (Å²) in [5.74, 6) is 0. The molecule has 0 radical (unpaired) electrons. The Kier molecular flexibility index (Phi) is 4.12. The number of benzene rings is 1. The van der Waals surface area contributed by atoms with Crippen LogP contribution in [0.15, 0.2) is 36.0 Å². The van der Waals surface area contributed by atoms with Gasteiger partial charge in [-0.25, -0.2) is 0 Å². The molecule has 0 aliphatic rings. The molecular formula is C13H17N3S. The molecule has 90 valence electrons. The van der Waals surface area contributed by atoms with Gasteiger partial charge in [-0.3, -0.25) is 4.98 Å². The Morgan fingerprint density at radius 2 is 2.00 bits per heavy atom. The highest BCUT2D eigenvalue weighted by Gasteiger charge is 1.97. The lowest BCUT2D eigenvalue weighted by Gasteiger charge is -2.10. The molecule has 0 fully saturated rings. The number of aromatic nitrogens is 1. The molecule has 1 N–H and O–H groups in total. The first-order chi connectivity index (χ1) is 8.24. The first-order valence-electron chi connectivity index (χ1n) is 5.59. The van der Waals surface area contributed by atoms with Crippen molar-refractivity contribution in [3.8, 4) is 0 Å². The lowest BCUT2D eigenvalue weighted by Crippen LogP contribution is -2.10. The van der Waals surface area contributed by atoms with Gasteiger partial charge in [0.2, 0.25) is 0 Å². The average molecular weight is 247 g/mol. The Bertz CT molecular complexity index is 434. The molecule has 1 aromatic heterocycles. The molecule has 3 nitrogen and oxygen atoms in total. The molecule has 17 heavy (non-hydrogen) atoms. The third-order valence-corrected chi connectivity index (χ3v) is 3.18. The first kappa shape index (κ1) is 12.1. The molecule has 2 rings (SSSR count). The molecule has 0 atom stereocenters. The number of hydrogen-bond donors (Lipinski definition) is 1. The van der Waals surface area contributed by atoms with Crippen molar-refractivity contribution in [2.75, 3.05) is 19.4 Å². The molecule has 0 aliphatic carbocycles. The van der Waals surface area contributed by atoms with E-state index in [0.29, 0.717) is 0 Å². The van der Waals surface area contributed by atoms with Crippen LogP contribution in [0.5, 0.6) is 0 Å². The molecule has 4 heteroatoms. The summed E-state index contributed by atoms with van der Waals surface area (Å²) in [6, 6.07) is 8.57. The largest absolute Gasteiger partial charge is 0.380 e. The van der Waals surface area contributed by atoms with Crippen LogP contribution >= 0.6 is 11.3 Å². The summed E-state index contributed by atoms with van der Waals surface area (Å²) in [7, 11) is 4.16. The van der Waals surface area contributed by atoms with Crippen LogP contribution in [-0.2, 0) is 13.1 Å². The van der Waals surface area contributed by atoms with E-state index >= 15 is 0 Å². The fraction of sp³-hybridized carbons (Fsp3) is 0.308. The SMILES string of the molecule is CN(C)Cc1ccc(NCc2cncs2)cc1. The van der Waals surface area contributed by atoms with Crippen LogP contribution < -0.4 is 5.32 Å². The van der Waals surface area contributed by atoms with Gasteiger partial charge in [0, 0.05) is 23.3 Å². The van der Waals surface area contributed by atoms with Crippen molar-refractivity contribution in [3.05, 3.63) is 46.4 Å². The Balaban J connectivity index is 1.89. The monoisotopic (exact) mass is 247 g/mol. The number of nitrogens with one attached hydrogen (secondary N) is 1. The zero-order chi connectivity index (χ0) is 12.1. The zero-order valence-electron chi connectivity index (χ0n) is 10.2. The number of anilines is 1. The third kappa shape index (κ3) is 3.84. The Labute approximate surface area is 106 Å². The second-order valence-corrected chi connectivity index (χ2v) is 5.23. The summed E-state index contributed by atoms with van der Waals surface area (Å²) in [5, 5.41) is 3.38. The van der Waals surface area contributed by atoms with Gasteiger partial charge in [0.1, 0.15) is 0 Å². The van der Waals surface area contributed by atoms with Gasteiger partial charge in [0.25, 0.3) is 0 Å². The van der Waals surface area contributed by atoms with Crippen LogP contribution in [-0.4, -0.2) is 24.0 Å². The highest BCUT2D eigenvalue weighted by molar-refractivity contribution is 7.09. The summed E-state index contributed by atoms with van der Waals surface area (Å²) < 4.78 is 0. The van der Waals surface area contributed by atoms with E-state index in [4.69, 9.17) is 0 Å². The standard InChI is InChI=1S/C13H17N3S/c1-16(2)9-11-3-5-12(6-4-11)15-8-13-7-14-10-17-13/h3-7,10,15H,8-9H2,1-2H3. The van der Waals surface area contributed by atoms with Crippen LogP contribution in [0.1, 0.15) is 10.4 Å². The number of nitrogens with zero attached hydrogens (tertiary/aromatic N) is 2. The molecular weight excluding hydrogens is 230 g/mol. The summed E-state index contributed by atoms with van der Waals surface area (Å²) in [5.41, 5.74) is 4.34. The van der Waals surface area contributed by atoms with Crippen molar-refractivity contribution in [2.45, 2.75) is 13.1 Å². The second-order valence-electron chi connectivity index (χ2n) is 4.26. The molecule has 0 unspecified atom stereocenters. The lowest BCUT2D eigenvalue weighted by molar-refractivity contribution is 0.402. The smallest absolute Gasteiger partial charge is 0.0794 e. The Hall–Kier alpha value is -1.39. The Morgan fingerprint density at radius 3 is 2.59 bits per heavy atom. The van der Waals surface area contributed by atoms with Crippen LogP contribution in [0.3, 0.4) is 0 Å². The van der Waals surface area contributed by atoms with Crippen LogP contribution in [0.2, 0.25) is 0 Å². The van der Waals surface area contributed by atoms with Crippen molar-refractivity contribution in [2.24, 2.45) is 0 Å². The quantitative estimate of drug-likeness (QED) is 0.880. The predicted molar refractivity (Wildman–Crippen MR) is 73.3 cm³/mol. The van der Waals surface area contributed by atoms with Crippen LogP contribution in [0.4, 0.5) is 5.69 Å². The average Bonchev–Trinajstić information content (AvgIpc) is 2.80. The van der Waals surface area contributed by atoms with E-state index in [1.165, 1.54) is 10.4 Å². The third-order valence-electron chi connectivity index (χ3n) is 2.40. The van der Waals surface area contributed by atoms with Crippen LogP contribution in [0.25, 0.3) is 0 Å².